The summed E-state index contributed by atoms with van der Waals surface area (Å²) < 4.78 is 13.3. The second kappa shape index (κ2) is 6.85. The number of thiocarbonyl (C=S) groups is 1. The van der Waals surface area contributed by atoms with Crippen LogP contribution in [0.15, 0.2) is 24.3 Å². The second-order valence-corrected chi connectivity index (χ2v) is 4.75. The Balaban J connectivity index is 0.00000144. The molecule has 0 N–H and O–H groups in total. The zero-order valence-corrected chi connectivity index (χ0v) is 13.4. The molecular weight excluding hydrogens is 266 g/mol. The molecule has 1 aromatic carbocycles. The Morgan fingerprint density at radius 3 is 2.12 bits per heavy atom. The van der Waals surface area contributed by atoms with Gasteiger partial charge < -0.3 is 34.6 Å². The Kier molecular flexibility index (Phi) is 6.09. The van der Waals surface area contributed by atoms with E-state index in [0.717, 1.165) is 31.9 Å². The average molecular weight is 278 g/mol. The van der Waals surface area contributed by atoms with E-state index in [2.05, 4.69) is 4.90 Å². The molecule has 2 rings (SSSR count). The van der Waals surface area contributed by atoms with Gasteiger partial charge in [-0.15, -0.1) is 0 Å². The summed E-state index contributed by atoms with van der Waals surface area (Å²) in [6.07, 6.45) is 0. The molecule has 0 aromatic heterocycles. The molecule has 0 radical (unpaired) electrons. The molecule has 0 atom stereocenters. The van der Waals surface area contributed by atoms with Gasteiger partial charge in [0.1, 0.15) is 5.82 Å². The minimum Gasteiger partial charge on any atom is -0.411 e. The molecular formula is C11H12FN2NaS2. The van der Waals surface area contributed by atoms with E-state index in [-0.39, 0.29) is 35.4 Å². The van der Waals surface area contributed by atoms with E-state index in [4.69, 9.17) is 24.8 Å². The molecule has 1 fully saturated rings. The first kappa shape index (κ1) is 15.1. The Hall–Kier alpha value is 0.0600. The van der Waals surface area contributed by atoms with Gasteiger partial charge in [0.25, 0.3) is 0 Å². The first-order chi connectivity index (χ1) is 7.66. The van der Waals surface area contributed by atoms with Gasteiger partial charge in [-0.25, -0.2) is 4.39 Å². The van der Waals surface area contributed by atoms with E-state index in [0.29, 0.717) is 4.32 Å². The van der Waals surface area contributed by atoms with Crippen LogP contribution in [0, 0.1) is 5.82 Å². The Bertz CT molecular complexity index is 378. The summed E-state index contributed by atoms with van der Waals surface area (Å²) in [5.41, 5.74) is 1.05. The fourth-order valence-electron chi connectivity index (χ4n) is 1.80. The van der Waals surface area contributed by atoms with E-state index in [1.54, 1.807) is 12.1 Å². The number of halogens is 1. The molecule has 0 saturated carbocycles. The minimum atomic E-state index is -0.200. The summed E-state index contributed by atoms with van der Waals surface area (Å²) in [6.45, 7) is 3.45. The molecule has 0 amide bonds. The van der Waals surface area contributed by atoms with E-state index in [1.165, 1.54) is 12.1 Å². The van der Waals surface area contributed by atoms with Crippen LogP contribution in [0.25, 0.3) is 0 Å². The maximum absolute atomic E-state index is 12.8. The summed E-state index contributed by atoms with van der Waals surface area (Å²) in [5, 5.41) is 0. The van der Waals surface area contributed by atoms with Crippen molar-refractivity contribution in [2.24, 2.45) is 0 Å². The second-order valence-electron chi connectivity index (χ2n) is 3.72. The maximum atomic E-state index is 12.8. The van der Waals surface area contributed by atoms with Crippen LogP contribution < -0.4 is 34.5 Å². The van der Waals surface area contributed by atoms with Gasteiger partial charge in [-0.05, 0) is 24.3 Å². The number of piperazine rings is 1. The zero-order chi connectivity index (χ0) is 11.5. The number of anilines is 1. The maximum Gasteiger partial charge on any atom is 1.00 e. The first-order valence-corrected chi connectivity index (χ1v) is 5.95. The summed E-state index contributed by atoms with van der Waals surface area (Å²) in [4.78, 5) is 4.23. The standard InChI is InChI=1S/C11H13FN2S2.Na/c12-9-1-3-10(4-2-9)13-5-7-14(8-6-13)11(15)16;/h1-4H,5-8H2,(H,15,16);/q;+1/p-1. The molecule has 2 nitrogen and oxygen atoms in total. The van der Waals surface area contributed by atoms with E-state index >= 15 is 0 Å². The van der Waals surface area contributed by atoms with Gasteiger partial charge in [0.15, 0.2) is 0 Å². The van der Waals surface area contributed by atoms with Crippen molar-refractivity contribution in [1.82, 2.24) is 4.90 Å². The van der Waals surface area contributed by atoms with Crippen molar-refractivity contribution >= 4 is 34.9 Å². The number of rotatable bonds is 1. The fraction of sp³-hybridized carbons (Fsp3) is 0.364. The molecule has 0 bridgehead atoms. The third-order valence-electron chi connectivity index (χ3n) is 2.73. The van der Waals surface area contributed by atoms with Crippen molar-refractivity contribution in [2.45, 2.75) is 0 Å². The van der Waals surface area contributed by atoms with Crippen LogP contribution in [0.2, 0.25) is 0 Å². The topological polar surface area (TPSA) is 6.48 Å². The number of nitrogens with zero attached hydrogens (tertiary/aromatic N) is 2. The number of hydrogen-bond donors (Lipinski definition) is 0. The van der Waals surface area contributed by atoms with Gasteiger partial charge in [-0.3, -0.25) is 0 Å². The van der Waals surface area contributed by atoms with Crippen LogP contribution in [-0.2, 0) is 12.6 Å². The third-order valence-corrected chi connectivity index (χ3v) is 3.25. The molecule has 1 aromatic rings. The molecule has 1 heterocycles. The van der Waals surface area contributed by atoms with Gasteiger partial charge >= 0.3 is 29.6 Å². The Morgan fingerprint density at radius 2 is 1.65 bits per heavy atom. The predicted molar refractivity (Wildman–Crippen MR) is 70.1 cm³/mol. The monoisotopic (exact) mass is 278 g/mol. The Morgan fingerprint density at radius 1 is 1.12 bits per heavy atom. The van der Waals surface area contributed by atoms with Gasteiger partial charge in [0.2, 0.25) is 0 Å². The van der Waals surface area contributed by atoms with E-state index in [9.17, 15) is 4.39 Å². The van der Waals surface area contributed by atoms with Crippen LogP contribution in [0.1, 0.15) is 0 Å². The van der Waals surface area contributed by atoms with Crippen molar-refractivity contribution in [3.05, 3.63) is 30.1 Å². The van der Waals surface area contributed by atoms with E-state index < -0.39 is 0 Å². The molecule has 1 aliphatic rings. The van der Waals surface area contributed by atoms with Crippen LogP contribution >= 0.6 is 12.2 Å². The molecule has 1 saturated heterocycles. The molecule has 6 heteroatoms. The quantitative estimate of drug-likeness (QED) is 0.361. The molecule has 17 heavy (non-hydrogen) atoms. The summed E-state index contributed by atoms with van der Waals surface area (Å²) in [6, 6.07) is 6.58. The molecule has 0 unspecified atom stereocenters. The summed E-state index contributed by atoms with van der Waals surface area (Å²) in [5.74, 6) is -0.200. The smallest absolute Gasteiger partial charge is 0.411 e. The molecule has 86 valence electrons. The van der Waals surface area contributed by atoms with Crippen LogP contribution in [0.3, 0.4) is 0 Å². The Labute approximate surface area is 134 Å². The van der Waals surface area contributed by atoms with Crippen molar-refractivity contribution in [2.75, 3.05) is 31.1 Å². The SMILES string of the molecule is Fc1ccc(N2CCN(C(=S)[S-])CC2)cc1.[Na+]. The predicted octanol–water partition coefficient (Wildman–Crippen LogP) is -1.22. The first-order valence-electron chi connectivity index (χ1n) is 5.13. The number of hydrogen-bond acceptors (Lipinski definition) is 3. The number of benzene rings is 1. The average Bonchev–Trinajstić information content (AvgIpc) is 2.30. The largest absolute Gasteiger partial charge is 1.00 e. The van der Waals surface area contributed by atoms with Gasteiger partial charge in [0.05, 0.1) is 0 Å². The zero-order valence-electron chi connectivity index (χ0n) is 9.73. The fourth-order valence-corrected chi connectivity index (χ4v) is 2.16. The van der Waals surface area contributed by atoms with Gasteiger partial charge in [-0.1, -0.05) is 4.32 Å². The van der Waals surface area contributed by atoms with Crippen LogP contribution in [0.5, 0.6) is 0 Å². The van der Waals surface area contributed by atoms with Crippen LogP contribution in [-0.4, -0.2) is 35.4 Å². The van der Waals surface area contributed by atoms with Gasteiger partial charge in [0, 0.05) is 31.9 Å². The minimum absolute atomic E-state index is 0. The molecule has 1 aliphatic heterocycles. The van der Waals surface area contributed by atoms with Crippen molar-refractivity contribution in [1.29, 1.82) is 0 Å². The van der Waals surface area contributed by atoms with Crippen LogP contribution in [0.4, 0.5) is 10.1 Å². The van der Waals surface area contributed by atoms with Crippen molar-refractivity contribution in [3.8, 4) is 0 Å². The van der Waals surface area contributed by atoms with Crippen molar-refractivity contribution < 1.29 is 33.9 Å². The van der Waals surface area contributed by atoms with E-state index in [1.807, 2.05) is 4.90 Å². The normalized spacial score (nSPS) is 15.4. The van der Waals surface area contributed by atoms with Crippen molar-refractivity contribution in [3.63, 3.8) is 0 Å². The summed E-state index contributed by atoms with van der Waals surface area (Å²) >= 11 is 9.92. The third kappa shape index (κ3) is 4.03. The molecule has 0 aliphatic carbocycles. The molecule has 0 spiro atoms. The van der Waals surface area contributed by atoms with Gasteiger partial charge in [-0.2, -0.15) is 0 Å². The summed E-state index contributed by atoms with van der Waals surface area (Å²) in [7, 11) is 0.